The summed E-state index contributed by atoms with van der Waals surface area (Å²) in [6, 6.07) is 0. The molecule has 1 aliphatic heterocycles. The van der Waals surface area contributed by atoms with Crippen LogP contribution in [0.3, 0.4) is 0 Å². The Morgan fingerprint density at radius 3 is 2.71 bits per heavy atom. The van der Waals surface area contributed by atoms with Crippen LogP contribution in [0.1, 0.15) is 6.92 Å². The first-order chi connectivity index (χ1) is 3.29. The van der Waals surface area contributed by atoms with Gasteiger partial charge in [-0.15, -0.1) is 0 Å². The summed E-state index contributed by atoms with van der Waals surface area (Å²) in [6.45, 7) is 2.94. The van der Waals surface area contributed by atoms with Crippen LogP contribution in [-0.4, -0.2) is 24.3 Å². The summed E-state index contributed by atoms with van der Waals surface area (Å²) in [7, 11) is 1.96. The highest BCUT2D eigenvalue weighted by Crippen LogP contribution is 1.87. The lowest BCUT2D eigenvalue weighted by Gasteiger charge is -2.02. The molecule has 1 heterocycles. The van der Waals surface area contributed by atoms with Gasteiger partial charge in [0, 0.05) is 7.05 Å². The molecule has 1 N–H and O–H groups in total. The molecule has 0 saturated heterocycles. The number of hydrazone groups is 1. The predicted octanol–water partition coefficient (Wildman–Crippen LogP) is -0.188. The summed E-state index contributed by atoms with van der Waals surface area (Å²) in [5.74, 6) is 0. The standard InChI is InChI=1S/C4H9N3/c1-4-3-7(2)6-5-4/h6H,3H2,1-2H3. The molecular weight excluding hydrogens is 90.1 g/mol. The lowest BCUT2D eigenvalue weighted by molar-refractivity contribution is 0.302. The molecule has 0 aliphatic carbocycles. The molecule has 0 bridgehead atoms. The van der Waals surface area contributed by atoms with Crippen molar-refractivity contribution >= 4 is 5.71 Å². The van der Waals surface area contributed by atoms with Gasteiger partial charge in [0.2, 0.25) is 0 Å². The number of hydrazine groups is 1. The monoisotopic (exact) mass is 99.1 g/mol. The van der Waals surface area contributed by atoms with Gasteiger partial charge in [0.05, 0.1) is 12.3 Å². The zero-order valence-corrected chi connectivity index (χ0v) is 4.60. The zero-order chi connectivity index (χ0) is 5.28. The van der Waals surface area contributed by atoms with E-state index < -0.39 is 0 Å². The molecule has 40 valence electrons. The summed E-state index contributed by atoms with van der Waals surface area (Å²) < 4.78 is 0. The van der Waals surface area contributed by atoms with E-state index in [-0.39, 0.29) is 0 Å². The van der Waals surface area contributed by atoms with Gasteiger partial charge in [-0.1, -0.05) is 0 Å². The molecular formula is C4H9N3. The quantitative estimate of drug-likeness (QED) is 0.456. The highest BCUT2D eigenvalue weighted by molar-refractivity contribution is 5.84. The van der Waals surface area contributed by atoms with Gasteiger partial charge in [0.15, 0.2) is 0 Å². The molecule has 3 heteroatoms. The van der Waals surface area contributed by atoms with Gasteiger partial charge in [0.25, 0.3) is 0 Å². The highest BCUT2D eigenvalue weighted by atomic mass is 15.7. The third kappa shape index (κ3) is 0.899. The number of hydrogen-bond acceptors (Lipinski definition) is 3. The first-order valence-corrected chi connectivity index (χ1v) is 2.29. The molecule has 0 aromatic heterocycles. The van der Waals surface area contributed by atoms with Gasteiger partial charge >= 0.3 is 0 Å². The summed E-state index contributed by atoms with van der Waals surface area (Å²) in [5, 5.41) is 5.84. The average molecular weight is 99.1 g/mol. The van der Waals surface area contributed by atoms with E-state index in [1.807, 2.05) is 19.0 Å². The van der Waals surface area contributed by atoms with E-state index in [4.69, 9.17) is 0 Å². The summed E-state index contributed by atoms with van der Waals surface area (Å²) >= 11 is 0. The Morgan fingerprint density at radius 1 is 1.86 bits per heavy atom. The van der Waals surface area contributed by atoms with Crippen molar-refractivity contribution in [3.63, 3.8) is 0 Å². The largest absolute Gasteiger partial charge is 0.240 e. The third-order valence-corrected chi connectivity index (χ3v) is 0.878. The number of nitrogens with zero attached hydrogens (tertiary/aromatic N) is 2. The predicted molar refractivity (Wildman–Crippen MR) is 28.9 cm³/mol. The molecule has 0 saturated carbocycles. The molecule has 0 atom stereocenters. The van der Waals surface area contributed by atoms with Crippen molar-refractivity contribution in [2.75, 3.05) is 13.6 Å². The summed E-state index contributed by atoms with van der Waals surface area (Å²) in [6.07, 6.45) is 0. The first kappa shape index (κ1) is 4.59. The van der Waals surface area contributed by atoms with Gasteiger partial charge in [-0.2, -0.15) is 5.10 Å². The van der Waals surface area contributed by atoms with E-state index in [0.29, 0.717) is 0 Å². The molecule has 0 spiro atoms. The fourth-order valence-corrected chi connectivity index (χ4v) is 0.585. The van der Waals surface area contributed by atoms with Crippen LogP contribution in [0.5, 0.6) is 0 Å². The van der Waals surface area contributed by atoms with Gasteiger partial charge in [0.1, 0.15) is 0 Å². The van der Waals surface area contributed by atoms with Crippen molar-refractivity contribution in [2.45, 2.75) is 6.92 Å². The molecule has 3 nitrogen and oxygen atoms in total. The smallest absolute Gasteiger partial charge is 0.0591 e. The van der Waals surface area contributed by atoms with E-state index >= 15 is 0 Å². The second-order valence-electron chi connectivity index (χ2n) is 1.80. The SMILES string of the molecule is CC1=NNN(C)C1. The van der Waals surface area contributed by atoms with Crippen LogP contribution in [-0.2, 0) is 0 Å². The Labute approximate surface area is 43.0 Å². The molecule has 1 aliphatic rings. The van der Waals surface area contributed by atoms with Crippen molar-refractivity contribution in [1.82, 2.24) is 10.5 Å². The number of rotatable bonds is 0. The molecule has 1 rings (SSSR count). The van der Waals surface area contributed by atoms with Gasteiger partial charge < -0.3 is 0 Å². The first-order valence-electron chi connectivity index (χ1n) is 2.29. The minimum atomic E-state index is 0.944. The highest BCUT2D eigenvalue weighted by Gasteiger charge is 2.03. The zero-order valence-electron chi connectivity index (χ0n) is 4.60. The molecule has 0 unspecified atom stereocenters. The van der Waals surface area contributed by atoms with Crippen molar-refractivity contribution in [1.29, 1.82) is 0 Å². The Hall–Kier alpha value is -0.570. The van der Waals surface area contributed by atoms with Gasteiger partial charge in [-0.05, 0) is 6.92 Å². The van der Waals surface area contributed by atoms with Crippen molar-refractivity contribution in [3.8, 4) is 0 Å². The molecule has 0 aromatic rings. The van der Waals surface area contributed by atoms with Crippen LogP contribution in [0.15, 0.2) is 5.10 Å². The van der Waals surface area contributed by atoms with Crippen LogP contribution < -0.4 is 5.53 Å². The molecule has 0 radical (unpaired) electrons. The second-order valence-corrected chi connectivity index (χ2v) is 1.80. The van der Waals surface area contributed by atoms with Crippen LogP contribution in [0, 0.1) is 0 Å². The number of nitrogens with one attached hydrogen (secondary N) is 1. The Kier molecular flexibility index (Phi) is 0.982. The minimum Gasteiger partial charge on any atom is -0.240 e. The normalized spacial score (nSPS) is 21.7. The Bertz CT molecular complexity index is 97.1. The molecule has 0 aromatic carbocycles. The maximum Gasteiger partial charge on any atom is 0.0591 e. The summed E-state index contributed by atoms with van der Waals surface area (Å²) in [5.41, 5.74) is 3.93. The summed E-state index contributed by atoms with van der Waals surface area (Å²) in [4.78, 5) is 0. The van der Waals surface area contributed by atoms with E-state index in [1.165, 1.54) is 0 Å². The number of hydrogen-bond donors (Lipinski definition) is 1. The molecule has 7 heavy (non-hydrogen) atoms. The average Bonchev–Trinajstić information content (AvgIpc) is 1.87. The topological polar surface area (TPSA) is 27.6 Å². The van der Waals surface area contributed by atoms with Gasteiger partial charge in [-0.25, -0.2) is 10.5 Å². The van der Waals surface area contributed by atoms with Gasteiger partial charge in [-0.3, -0.25) is 0 Å². The lowest BCUT2D eigenvalue weighted by Crippen LogP contribution is -2.25. The lowest BCUT2D eigenvalue weighted by atomic mass is 10.4. The van der Waals surface area contributed by atoms with Crippen LogP contribution in [0.2, 0.25) is 0 Å². The van der Waals surface area contributed by atoms with E-state index in [9.17, 15) is 0 Å². The van der Waals surface area contributed by atoms with Crippen molar-refractivity contribution in [3.05, 3.63) is 0 Å². The fourth-order valence-electron chi connectivity index (χ4n) is 0.585. The maximum atomic E-state index is 3.91. The third-order valence-electron chi connectivity index (χ3n) is 0.878. The van der Waals surface area contributed by atoms with E-state index in [1.54, 1.807) is 0 Å². The van der Waals surface area contributed by atoms with E-state index in [0.717, 1.165) is 12.3 Å². The fraction of sp³-hybridized carbons (Fsp3) is 0.750. The Morgan fingerprint density at radius 2 is 2.57 bits per heavy atom. The van der Waals surface area contributed by atoms with Crippen LogP contribution in [0.4, 0.5) is 0 Å². The van der Waals surface area contributed by atoms with Crippen LogP contribution >= 0.6 is 0 Å². The van der Waals surface area contributed by atoms with Crippen molar-refractivity contribution in [2.24, 2.45) is 5.10 Å². The Balaban J connectivity index is 2.42. The van der Waals surface area contributed by atoms with Crippen molar-refractivity contribution < 1.29 is 0 Å². The second kappa shape index (κ2) is 1.50. The molecule has 0 amide bonds. The molecule has 0 fully saturated rings. The van der Waals surface area contributed by atoms with E-state index in [2.05, 4.69) is 10.6 Å². The maximum absolute atomic E-state index is 3.91. The minimum absolute atomic E-state index is 0.944. The van der Waals surface area contributed by atoms with Crippen LogP contribution in [0.25, 0.3) is 0 Å².